The highest BCUT2D eigenvalue weighted by Gasteiger charge is 2.26. The van der Waals surface area contributed by atoms with Crippen LogP contribution in [0.4, 0.5) is 0 Å². The molecule has 1 heterocycles. The lowest BCUT2D eigenvalue weighted by molar-refractivity contribution is -0.124. The third-order valence-corrected chi connectivity index (χ3v) is 4.89. The monoisotopic (exact) mass is 317 g/mol. The number of carbonyl (C=O) groups is 1. The minimum Gasteiger partial charge on any atom is -0.353 e. The van der Waals surface area contributed by atoms with Gasteiger partial charge in [-0.3, -0.25) is 9.69 Å². The van der Waals surface area contributed by atoms with Crippen LogP contribution in [0.25, 0.3) is 0 Å². The van der Waals surface area contributed by atoms with Crippen molar-refractivity contribution in [3.63, 3.8) is 0 Å². The summed E-state index contributed by atoms with van der Waals surface area (Å²) in [6.07, 6.45) is 2.10. The van der Waals surface area contributed by atoms with Gasteiger partial charge in [-0.2, -0.15) is 0 Å². The smallest absolute Gasteiger partial charge is 0.237 e. The quantitative estimate of drug-likeness (QED) is 0.812. The minimum absolute atomic E-state index is 0.0353. The molecule has 2 rings (SSSR count). The number of hydrogen-bond donors (Lipinski definition) is 2. The number of nitrogens with zero attached hydrogens (tertiary/aromatic N) is 1. The second-order valence-corrected chi connectivity index (χ2v) is 6.53. The molecule has 3 atom stereocenters. The molecule has 1 aliphatic heterocycles. The zero-order chi connectivity index (χ0) is 16.7. The van der Waals surface area contributed by atoms with Gasteiger partial charge in [-0.25, -0.2) is 0 Å². The third-order valence-electron chi connectivity index (χ3n) is 4.89. The molecule has 1 amide bonds. The van der Waals surface area contributed by atoms with Crippen molar-refractivity contribution in [3.8, 4) is 0 Å². The van der Waals surface area contributed by atoms with Gasteiger partial charge in [0.2, 0.25) is 5.91 Å². The van der Waals surface area contributed by atoms with E-state index >= 15 is 0 Å². The van der Waals surface area contributed by atoms with Gasteiger partial charge in [0.25, 0.3) is 0 Å². The lowest BCUT2D eigenvalue weighted by Gasteiger charge is -2.32. The van der Waals surface area contributed by atoms with Crippen molar-refractivity contribution in [2.24, 2.45) is 5.92 Å². The highest BCUT2D eigenvalue weighted by atomic mass is 16.2. The maximum absolute atomic E-state index is 12.5. The van der Waals surface area contributed by atoms with E-state index in [0.717, 1.165) is 32.5 Å². The Morgan fingerprint density at radius 3 is 2.61 bits per heavy atom. The molecule has 3 unspecified atom stereocenters. The van der Waals surface area contributed by atoms with Crippen LogP contribution < -0.4 is 10.6 Å². The first-order chi connectivity index (χ1) is 11.2. The van der Waals surface area contributed by atoms with Crippen LogP contribution in [0, 0.1) is 5.92 Å². The molecule has 0 radical (unpaired) electrons. The van der Waals surface area contributed by atoms with Crippen molar-refractivity contribution < 1.29 is 4.79 Å². The topological polar surface area (TPSA) is 44.4 Å². The van der Waals surface area contributed by atoms with Crippen molar-refractivity contribution in [2.45, 2.75) is 45.7 Å². The van der Waals surface area contributed by atoms with Gasteiger partial charge in [-0.15, -0.1) is 0 Å². The van der Waals surface area contributed by atoms with Crippen molar-refractivity contribution in [1.29, 1.82) is 0 Å². The fraction of sp³-hybridized carbons (Fsp3) is 0.632. The van der Waals surface area contributed by atoms with Crippen LogP contribution >= 0.6 is 0 Å². The number of hydrogen-bond acceptors (Lipinski definition) is 3. The van der Waals surface area contributed by atoms with Gasteiger partial charge in [-0.05, 0) is 44.0 Å². The molecular weight excluding hydrogens is 286 g/mol. The predicted molar refractivity (Wildman–Crippen MR) is 95.3 cm³/mol. The molecule has 23 heavy (non-hydrogen) atoms. The molecule has 0 aromatic heterocycles. The number of benzene rings is 1. The van der Waals surface area contributed by atoms with Gasteiger partial charge >= 0.3 is 0 Å². The molecular formula is C19H31N3O. The van der Waals surface area contributed by atoms with Crippen LogP contribution in [0.5, 0.6) is 0 Å². The fourth-order valence-corrected chi connectivity index (χ4v) is 3.43. The van der Waals surface area contributed by atoms with Crippen LogP contribution in [0.1, 0.15) is 45.2 Å². The number of amides is 1. The van der Waals surface area contributed by atoms with E-state index in [4.69, 9.17) is 0 Å². The number of likely N-dealkylation sites (N-methyl/N-ethyl adjacent to an activating group) is 1. The van der Waals surface area contributed by atoms with Crippen molar-refractivity contribution in [3.05, 3.63) is 35.9 Å². The van der Waals surface area contributed by atoms with Crippen molar-refractivity contribution in [2.75, 3.05) is 26.2 Å². The average Bonchev–Trinajstić information content (AvgIpc) is 2.59. The molecule has 0 saturated carbocycles. The van der Waals surface area contributed by atoms with Gasteiger partial charge in [0, 0.05) is 6.54 Å². The third kappa shape index (κ3) is 5.05. The van der Waals surface area contributed by atoms with Crippen LogP contribution in [0.2, 0.25) is 0 Å². The molecule has 1 aromatic rings. The van der Waals surface area contributed by atoms with E-state index in [1.54, 1.807) is 0 Å². The number of rotatable bonds is 7. The Morgan fingerprint density at radius 1 is 1.30 bits per heavy atom. The summed E-state index contributed by atoms with van der Waals surface area (Å²) in [5, 5.41) is 6.52. The Morgan fingerprint density at radius 2 is 2.00 bits per heavy atom. The maximum atomic E-state index is 12.5. The normalized spacial score (nSPS) is 22.8. The van der Waals surface area contributed by atoms with E-state index in [1.807, 2.05) is 6.07 Å². The van der Waals surface area contributed by atoms with Crippen LogP contribution in [0.15, 0.2) is 30.3 Å². The van der Waals surface area contributed by atoms with Crippen LogP contribution in [0.3, 0.4) is 0 Å². The SMILES string of the molecule is CCN(CC)C(CNC(=O)C1CC(C)CCN1)c1ccccc1. The molecule has 1 saturated heterocycles. The fourth-order valence-electron chi connectivity index (χ4n) is 3.43. The minimum atomic E-state index is -0.0353. The lowest BCUT2D eigenvalue weighted by Crippen LogP contribution is -2.50. The van der Waals surface area contributed by atoms with Crippen LogP contribution in [-0.4, -0.2) is 43.0 Å². The number of nitrogens with one attached hydrogen (secondary N) is 2. The van der Waals surface area contributed by atoms with Gasteiger partial charge in [0.1, 0.15) is 0 Å². The standard InChI is InChI=1S/C19H31N3O/c1-4-22(5-2)18(16-9-7-6-8-10-16)14-21-19(23)17-13-15(3)11-12-20-17/h6-10,15,17-18,20H,4-5,11-14H2,1-3H3,(H,21,23). The largest absolute Gasteiger partial charge is 0.353 e. The predicted octanol–water partition coefficient (Wildman–Crippen LogP) is 2.57. The number of piperidine rings is 1. The highest BCUT2D eigenvalue weighted by Crippen LogP contribution is 2.20. The van der Waals surface area contributed by atoms with E-state index < -0.39 is 0 Å². The van der Waals surface area contributed by atoms with E-state index in [9.17, 15) is 4.79 Å². The molecule has 0 spiro atoms. The Hall–Kier alpha value is -1.39. The lowest BCUT2D eigenvalue weighted by atomic mass is 9.94. The summed E-state index contributed by atoms with van der Waals surface area (Å²) in [5.74, 6) is 0.768. The summed E-state index contributed by atoms with van der Waals surface area (Å²) >= 11 is 0. The van der Waals surface area contributed by atoms with Crippen molar-refractivity contribution >= 4 is 5.91 Å². The maximum Gasteiger partial charge on any atom is 0.237 e. The molecule has 1 fully saturated rings. The summed E-state index contributed by atoms with van der Waals surface area (Å²) in [5.41, 5.74) is 1.27. The molecule has 4 heteroatoms. The zero-order valence-electron chi connectivity index (χ0n) is 14.7. The van der Waals surface area contributed by atoms with E-state index in [-0.39, 0.29) is 18.0 Å². The van der Waals surface area contributed by atoms with E-state index in [1.165, 1.54) is 5.56 Å². The van der Waals surface area contributed by atoms with Gasteiger partial charge in [0.15, 0.2) is 0 Å². The van der Waals surface area contributed by atoms with E-state index in [2.05, 4.69) is 60.6 Å². The molecule has 4 nitrogen and oxygen atoms in total. The van der Waals surface area contributed by atoms with Crippen molar-refractivity contribution in [1.82, 2.24) is 15.5 Å². The summed E-state index contributed by atoms with van der Waals surface area (Å²) in [6, 6.07) is 10.7. The zero-order valence-corrected chi connectivity index (χ0v) is 14.7. The molecule has 128 valence electrons. The number of carbonyl (C=O) groups excluding carboxylic acids is 1. The Balaban J connectivity index is 1.99. The van der Waals surface area contributed by atoms with Gasteiger partial charge in [-0.1, -0.05) is 51.1 Å². The molecule has 1 aliphatic rings. The second kappa shape index (κ2) is 9.04. The summed E-state index contributed by atoms with van der Waals surface area (Å²) in [4.78, 5) is 14.9. The Kier molecular flexibility index (Phi) is 7.06. The first kappa shape index (κ1) is 18.0. The Bertz CT molecular complexity index is 473. The average molecular weight is 317 g/mol. The first-order valence-corrected chi connectivity index (χ1v) is 8.95. The van der Waals surface area contributed by atoms with Gasteiger partial charge in [0.05, 0.1) is 12.1 Å². The molecule has 0 bridgehead atoms. The molecule has 2 N–H and O–H groups in total. The highest BCUT2D eigenvalue weighted by molar-refractivity contribution is 5.81. The van der Waals surface area contributed by atoms with Crippen LogP contribution in [-0.2, 0) is 4.79 Å². The molecule has 1 aromatic carbocycles. The molecule has 0 aliphatic carbocycles. The summed E-state index contributed by atoms with van der Waals surface area (Å²) in [6.45, 7) is 10.1. The summed E-state index contributed by atoms with van der Waals surface area (Å²) in [7, 11) is 0. The van der Waals surface area contributed by atoms with E-state index in [0.29, 0.717) is 12.5 Å². The van der Waals surface area contributed by atoms with Gasteiger partial charge < -0.3 is 10.6 Å². The first-order valence-electron chi connectivity index (χ1n) is 8.95. The summed E-state index contributed by atoms with van der Waals surface area (Å²) < 4.78 is 0. The Labute approximate surface area is 140 Å². The second-order valence-electron chi connectivity index (χ2n) is 6.53.